The summed E-state index contributed by atoms with van der Waals surface area (Å²) in [4.78, 5) is 24.3. The van der Waals surface area contributed by atoms with Gasteiger partial charge < -0.3 is 9.84 Å². The van der Waals surface area contributed by atoms with E-state index < -0.39 is 29.2 Å². The van der Waals surface area contributed by atoms with E-state index in [4.69, 9.17) is 4.74 Å². The summed E-state index contributed by atoms with van der Waals surface area (Å²) in [6.07, 6.45) is 0. The maximum Gasteiger partial charge on any atom is 0.308 e. The lowest BCUT2D eigenvalue weighted by molar-refractivity contribution is -0.131. The number of nitrogens with zero attached hydrogens (tertiary/aromatic N) is 1. The van der Waals surface area contributed by atoms with Gasteiger partial charge in [0.2, 0.25) is 0 Å². The monoisotopic (exact) mass is 415 g/mol. The van der Waals surface area contributed by atoms with Crippen molar-refractivity contribution >= 4 is 45.9 Å². The third-order valence-electron chi connectivity index (χ3n) is 3.71. The summed E-state index contributed by atoms with van der Waals surface area (Å²) in [7, 11) is 0. The summed E-state index contributed by atoms with van der Waals surface area (Å²) in [5.41, 5.74) is 0.355. The number of benzene rings is 1. The van der Waals surface area contributed by atoms with Crippen LogP contribution < -0.4 is 4.74 Å². The summed E-state index contributed by atoms with van der Waals surface area (Å²) >= 11 is 1.30. The summed E-state index contributed by atoms with van der Waals surface area (Å²) < 4.78 is 45.9. The number of thioether (sulfide) groups is 1. The van der Waals surface area contributed by atoms with Gasteiger partial charge in [-0.05, 0) is 36.9 Å². The Labute approximate surface area is 159 Å². The van der Waals surface area contributed by atoms with Crippen molar-refractivity contribution in [2.24, 2.45) is 0 Å². The summed E-state index contributed by atoms with van der Waals surface area (Å²) in [5.74, 6) is -5.81. The number of halogens is 3. The fourth-order valence-electron chi connectivity index (χ4n) is 2.66. The normalized spacial score (nSPS) is 11.3. The number of carbonyl (C=O) groups excluding carboxylic acids is 2. The van der Waals surface area contributed by atoms with Gasteiger partial charge in [0.15, 0.2) is 17.3 Å². The van der Waals surface area contributed by atoms with E-state index in [9.17, 15) is 27.9 Å². The number of thiophene rings is 1. The average molecular weight is 415 g/mol. The van der Waals surface area contributed by atoms with Gasteiger partial charge in [-0.25, -0.2) is 4.39 Å². The molecule has 10 heteroatoms. The Morgan fingerprint density at radius 1 is 1.33 bits per heavy atom. The predicted octanol–water partition coefficient (Wildman–Crippen LogP) is 4.78. The molecule has 0 unspecified atom stereocenters. The molecule has 1 N–H and O–H groups in total. The lowest BCUT2D eigenvalue weighted by Gasteiger charge is -2.05. The van der Waals surface area contributed by atoms with E-state index in [2.05, 4.69) is 0 Å². The molecule has 3 rings (SSSR count). The van der Waals surface area contributed by atoms with Crippen LogP contribution in [-0.4, -0.2) is 27.3 Å². The Kier molecular flexibility index (Phi) is 5.20. The first-order chi connectivity index (χ1) is 12.7. The van der Waals surface area contributed by atoms with E-state index in [1.165, 1.54) is 24.4 Å². The van der Waals surface area contributed by atoms with Crippen molar-refractivity contribution in [2.45, 2.75) is 23.8 Å². The highest BCUT2D eigenvalue weighted by atomic mass is 32.2. The molecule has 2 aromatic heterocycles. The summed E-state index contributed by atoms with van der Waals surface area (Å²) in [5, 5.41) is 10.8. The number of hydrogen-bond donors (Lipinski definition) is 1. The molecule has 0 saturated heterocycles. The zero-order chi connectivity index (χ0) is 19.9. The second kappa shape index (κ2) is 7.28. The number of alkyl halides is 2. The molecule has 0 fully saturated rings. The number of phenolic OH excluding ortho intramolecular Hbond substituents is 1. The lowest BCUT2D eigenvalue weighted by atomic mass is 10.2. The number of ether oxygens (including phenoxy) is 1. The van der Waals surface area contributed by atoms with Crippen molar-refractivity contribution < 1.29 is 32.6 Å². The van der Waals surface area contributed by atoms with Crippen molar-refractivity contribution in [2.75, 3.05) is 0 Å². The van der Waals surface area contributed by atoms with E-state index in [1.807, 2.05) is 0 Å². The van der Waals surface area contributed by atoms with Gasteiger partial charge in [-0.15, -0.1) is 11.3 Å². The molecule has 27 heavy (non-hydrogen) atoms. The van der Waals surface area contributed by atoms with Crippen LogP contribution in [0.5, 0.6) is 11.5 Å². The molecule has 2 heterocycles. The number of fused-ring (bicyclic) bond motifs is 1. The molecule has 0 radical (unpaired) electrons. The Bertz CT molecular complexity index is 1060. The molecule has 0 aliphatic carbocycles. The molecule has 0 saturated carbocycles. The van der Waals surface area contributed by atoms with E-state index in [-0.39, 0.29) is 32.1 Å². The number of phenols is 1. The van der Waals surface area contributed by atoms with Gasteiger partial charge in [-0.3, -0.25) is 14.2 Å². The van der Waals surface area contributed by atoms with Crippen LogP contribution in [0, 0.1) is 12.7 Å². The standard InChI is InChI=1S/C17H12F3NO4S2/c1-7-15(25-8(2)22)13-10(3-4-11(23)14(13)18)21(7)16(24)9-5-12(26-6-9)27-17(19)20/h3-6,17,23H,1-2H3. The zero-order valence-corrected chi connectivity index (χ0v) is 15.6. The molecular formula is C17H12F3NO4S2. The van der Waals surface area contributed by atoms with Crippen molar-refractivity contribution in [3.63, 3.8) is 0 Å². The maximum absolute atomic E-state index is 14.5. The van der Waals surface area contributed by atoms with Crippen LogP contribution in [0.25, 0.3) is 10.9 Å². The van der Waals surface area contributed by atoms with Crippen LogP contribution in [-0.2, 0) is 4.79 Å². The number of aromatic hydroxyl groups is 1. The molecule has 0 aliphatic heterocycles. The lowest BCUT2D eigenvalue weighted by Crippen LogP contribution is -2.13. The van der Waals surface area contributed by atoms with Crippen LogP contribution in [0.15, 0.2) is 27.8 Å². The quantitative estimate of drug-likeness (QED) is 0.490. The highest BCUT2D eigenvalue weighted by Crippen LogP contribution is 2.39. The molecule has 0 amide bonds. The molecule has 1 aromatic carbocycles. The largest absolute Gasteiger partial charge is 0.505 e. The molecule has 5 nitrogen and oxygen atoms in total. The van der Waals surface area contributed by atoms with Gasteiger partial charge in [-0.2, -0.15) is 8.78 Å². The number of rotatable bonds is 4. The van der Waals surface area contributed by atoms with Gasteiger partial charge in [0.25, 0.3) is 11.7 Å². The second-order valence-electron chi connectivity index (χ2n) is 5.47. The molecule has 0 atom stereocenters. The topological polar surface area (TPSA) is 68.5 Å². The molecule has 3 aromatic rings. The highest BCUT2D eigenvalue weighted by Gasteiger charge is 2.26. The van der Waals surface area contributed by atoms with Gasteiger partial charge >= 0.3 is 5.97 Å². The second-order valence-corrected chi connectivity index (χ2v) is 7.68. The van der Waals surface area contributed by atoms with Crippen LogP contribution in [0.4, 0.5) is 13.2 Å². The van der Waals surface area contributed by atoms with E-state index >= 15 is 0 Å². The van der Waals surface area contributed by atoms with Crippen molar-refractivity contribution in [1.82, 2.24) is 4.57 Å². The highest BCUT2D eigenvalue weighted by molar-refractivity contribution is 8.01. The van der Waals surface area contributed by atoms with Crippen molar-refractivity contribution in [3.8, 4) is 11.5 Å². The minimum absolute atomic E-state index is 0.0818. The van der Waals surface area contributed by atoms with E-state index in [0.29, 0.717) is 11.8 Å². The Balaban J connectivity index is 2.18. The Morgan fingerprint density at radius 2 is 2.04 bits per heavy atom. The van der Waals surface area contributed by atoms with E-state index in [1.54, 1.807) is 0 Å². The van der Waals surface area contributed by atoms with Crippen LogP contribution in [0.3, 0.4) is 0 Å². The first-order valence-corrected chi connectivity index (χ1v) is 9.25. The third kappa shape index (κ3) is 3.54. The molecule has 0 aliphatic rings. The summed E-state index contributed by atoms with van der Waals surface area (Å²) in [6, 6.07) is 3.70. The average Bonchev–Trinajstić information content (AvgIpc) is 3.13. The van der Waals surface area contributed by atoms with Crippen molar-refractivity contribution in [1.29, 1.82) is 0 Å². The van der Waals surface area contributed by atoms with Gasteiger partial charge in [-0.1, -0.05) is 0 Å². The molecule has 0 bridgehead atoms. The smallest absolute Gasteiger partial charge is 0.308 e. The van der Waals surface area contributed by atoms with Crippen LogP contribution in [0.2, 0.25) is 0 Å². The first kappa shape index (κ1) is 19.3. The first-order valence-electron chi connectivity index (χ1n) is 7.49. The minimum atomic E-state index is -2.62. The fraction of sp³-hybridized carbons (Fsp3) is 0.176. The number of carbonyl (C=O) groups is 2. The minimum Gasteiger partial charge on any atom is -0.505 e. The molecular weight excluding hydrogens is 403 g/mol. The van der Waals surface area contributed by atoms with Gasteiger partial charge in [0.05, 0.1) is 26.4 Å². The van der Waals surface area contributed by atoms with Crippen molar-refractivity contribution in [3.05, 3.63) is 40.7 Å². The number of aromatic nitrogens is 1. The Morgan fingerprint density at radius 3 is 2.67 bits per heavy atom. The number of esters is 1. The Hall–Kier alpha value is -2.46. The predicted molar refractivity (Wildman–Crippen MR) is 95.5 cm³/mol. The third-order valence-corrected chi connectivity index (χ3v) is 5.54. The van der Waals surface area contributed by atoms with Crippen LogP contribution in [0.1, 0.15) is 23.0 Å². The molecule has 142 valence electrons. The summed E-state index contributed by atoms with van der Waals surface area (Å²) in [6.45, 7) is 2.58. The number of hydrogen-bond acceptors (Lipinski definition) is 6. The fourth-order valence-corrected chi connectivity index (χ4v) is 4.22. The van der Waals surface area contributed by atoms with E-state index in [0.717, 1.165) is 28.9 Å². The maximum atomic E-state index is 14.5. The molecule has 0 spiro atoms. The zero-order valence-electron chi connectivity index (χ0n) is 14.0. The van der Waals surface area contributed by atoms with Crippen LogP contribution >= 0.6 is 23.1 Å². The van der Waals surface area contributed by atoms with Gasteiger partial charge in [0.1, 0.15) is 0 Å². The SMILES string of the molecule is CC(=O)Oc1c(C)n(C(=O)c2csc(SC(F)F)c2)c2ccc(O)c(F)c12. The van der Waals surface area contributed by atoms with Gasteiger partial charge in [0, 0.05) is 12.3 Å².